The van der Waals surface area contributed by atoms with Crippen LogP contribution in [0.25, 0.3) is 21.8 Å². The standard InChI is InChI=1S/C27H35N5O2/c1-5-32(6-2)16-17-34-22-12-10-21(11-13-22)28-15-7-8-24-30-23-14-9-20-18-19(3)29-27(33)25(20)26(23)31(24)4/h9-14,18,28H,5-8,15-17H2,1-4H3,(H,29,33). The number of benzene rings is 2. The highest BCUT2D eigenvalue weighted by Crippen LogP contribution is 2.24. The molecule has 34 heavy (non-hydrogen) atoms. The molecule has 7 nitrogen and oxygen atoms in total. The SMILES string of the molecule is CCN(CC)CCOc1ccc(NCCCc2nc3ccc4cc(C)[nH]c(=O)c4c3n2C)cc1. The van der Waals surface area contributed by atoms with Crippen molar-refractivity contribution in [2.45, 2.75) is 33.6 Å². The molecule has 0 aliphatic rings. The molecule has 4 rings (SSSR count). The maximum atomic E-state index is 12.6. The number of ether oxygens (including phenoxy) is 1. The number of rotatable bonds is 11. The Balaban J connectivity index is 1.32. The fourth-order valence-corrected chi connectivity index (χ4v) is 4.44. The minimum atomic E-state index is -0.0581. The van der Waals surface area contributed by atoms with Gasteiger partial charge in [-0.2, -0.15) is 0 Å². The Bertz CT molecular complexity index is 1300. The summed E-state index contributed by atoms with van der Waals surface area (Å²) in [5.41, 5.74) is 3.65. The first-order valence-corrected chi connectivity index (χ1v) is 12.2. The lowest BCUT2D eigenvalue weighted by atomic mass is 10.1. The summed E-state index contributed by atoms with van der Waals surface area (Å²) in [6, 6.07) is 14.1. The van der Waals surface area contributed by atoms with Crippen LogP contribution in [-0.4, -0.2) is 52.2 Å². The summed E-state index contributed by atoms with van der Waals surface area (Å²) in [7, 11) is 2.00. The number of nitrogens with zero attached hydrogens (tertiary/aromatic N) is 3. The fraction of sp³-hybridized carbons (Fsp3) is 0.407. The second-order valence-corrected chi connectivity index (χ2v) is 8.70. The third-order valence-corrected chi connectivity index (χ3v) is 6.40. The maximum Gasteiger partial charge on any atom is 0.258 e. The number of aromatic amines is 1. The molecule has 2 aromatic carbocycles. The van der Waals surface area contributed by atoms with E-state index in [9.17, 15) is 4.79 Å². The van der Waals surface area contributed by atoms with Gasteiger partial charge in [-0.3, -0.25) is 4.79 Å². The number of aryl methyl sites for hydroxylation is 3. The number of H-pyrrole nitrogens is 1. The smallest absolute Gasteiger partial charge is 0.258 e. The van der Waals surface area contributed by atoms with E-state index in [-0.39, 0.29) is 5.56 Å². The van der Waals surface area contributed by atoms with Crippen LogP contribution in [0.3, 0.4) is 0 Å². The summed E-state index contributed by atoms with van der Waals surface area (Å²) >= 11 is 0. The van der Waals surface area contributed by atoms with E-state index in [0.717, 1.165) is 78.4 Å². The van der Waals surface area contributed by atoms with Crippen molar-refractivity contribution in [1.82, 2.24) is 19.4 Å². The van der Waals surface area contributed by atoms with Crippen molar-refractivity contribution in [3.63, 3.8) is 0 Å². The Labute approximate surface area is 200 Å². The monoisotopic (exact) mass is 461 g/mol. The first-order valence-electron chi connectivity index (χ1n) is 12.2. The van der Waals surface area contributed by atoms with Gasteiger partial charge in [-0.25, -0.2) is 4.98 Å². The molecule has 0 atom stereocenters. The van der Waals surface area contributed by atoms with Gasteiger partial charge in [0.2, 0.25) is 0 Å². The van der Waals surface area contributed by atoms with Gasteiger partial charge in [0.05, 0.1) is 16.4 Å². The zero-order valence-corrected chi connectivity index (χ0v) is 20.6. The average Bonchev–Trinajstić information content (AvgIpc) is 3.15. The van der Waals surface area contributed by atoms with Gasteiger partial charge < -0.3 is 24.5 Å². The van der Waals surface area contributed by atoms with Crippen molar-refractivity contribution in [3.05, 3.63) is 64.3 Å². The molecule has 2 N–H and O–H groups in total. The zero-order chi connectivity index (χ0) is 24.1. The third-order valence-electron chi connectivity index (χ3n) is 6.40. The Morgan fingerprint density at radius 2 is 1.88 bits per heavy atom. The number of anilines is 1. The van der Waals surface area contributed by atoms with Crippen molar-refractivity contribution < 1.29 is 4.74 Å². The van der Waals surface area contributed by atoms with Gasteiger partial charge in [0, 0.05) is 37.9 Å². The second kappa shape index (κ2) is 10.7. The molecule has 180 valence electrons. The van der Waals surface area contributed by atoms with Crippen LogP contribution in [0.1, 0.15) is 31.8 Å². The van der Waals surface area contributed by atoms with E-state index < -0.39 is 0 Å². The van der Waals surface area contributed by atoms with Gasteiger partial charge in [0.1, 0.15) is 18.2 Å². The summed E-state index contributed by atoms with van der Waals surface area (Å²) in [4.78, 5) is 22.7. The van der Waals surface area contributed by atoms with Crippen LogP contribution in [-0.2, 0) is 13.5 Å². The zero-order valence-electron chi connectivity index (χ0n) is 20.6. The largest absolute Gasteiger partial charge is 0.492 e. The quantitative estimate of drug-likeness (QED) is 0.322. The van der Waals surface area contributed by atoms with E-state index in [2.05, 4.69) is 45.7 Å². The molecule has 0 saturated heterocycles. The predicted molar refractivity (Wildman–Crippen MR) is 140 cm³/mol. The highest BCUT2D eigenvalue weighted by Gasteiger charge is 2.13. The van der Waals surface area contributed by atoms with Crippen LogP contribution in [0.15, 0.2) is 47.3 Å². The van der Waals surface area contributed by atoms with Crippen molar-refractivity contribution in [2.24, 2.45) is 7.05 Å². The summed E-state index contributed by atoms with van der Waals surface area (Å²) < 4.78 is 7.92. The molecule has 0 aliphatic heterocycles. The van der Waals surface area contributed by atoms with Crippen LogP contribution >= 0.6 is 0 Å². The number of hydrogen-bond acceptors (Lipinski definition) is 5. The van der Waals surface area contributed by atoms with Gasteiger partial charge in [-0.15, -0.1) is 0 Å². The van der Waals surface area contributed by atoms with E-state index in [1.165, 1.54) is 0 Å². The van der Waals surface area contributed by atoms with Crippen LogP contribution in [0.5, 0.6) is 5.75 Å². The molecule has 0 amide bonds. The van der Waals surface area contributed by atoms with Crippen molar-refractivity contribution in [3.8, 4) is 5.75 Å². The lowest BCUT2D eigenvalue weighted by Gasteiger charge is -2.18. The van der Waals surface area contributed by atoms with E-state index >= 15 is 0 Å². The van der Waals surface area contributed by atoms with Crippen molar-refractivity contribution in [2.75, 3.05) is 38.1 Å². The Morgan fingerprint density at radius 3 is 2.62 bits per heavy atom. The Kier molecular flexibility index (Phi) is 7.53. The molecular weight excluding hydrogens is 426 g/mol. The van der Waals surface area contributed by atoms with E-state index in [1.54, 1.807) is 0 Å². The normalized spacial score (nSPS) is 11.6. The fourth-order valence-electron chi connectivity index (χ4n) is 4.44. The number of pyridine rings is 1. The molecule has 0 saturated carbocycles. The van der Waals surface area contributed by atoms with Crippen molar-refractivity contribution >= 4 is 27.5 Å². The highest BCUT2D eigenvalue weighted by atomic mass is 16.5. The predicted octanol–water partition coefficient (Wildman–Crippen LogP) is 4.49. The van der Waals surface area contributed by atoms with Gasteiger partial charge in [0.15, 0.2) is 0 Å². The van der Waals surface area contributed by atoms with E-state index in [1.807, 2.05) is 44.3 Å². The van der Waals surface area contributed by atoms with Crippen molar-refractivity contribution in [1.29, 1.82) is 0 Å². The molecule has 0 aliphatic carbocycles. The average molecular weight is 462 g/mol. The first kappa shape index (κ1) is 23.8. The van der Waals surface area contributed by atoms with Gasteiger partial charge in [-0.05, 0) is 68.2 Å². The minimum Gasteiger partial charge on any atom is -0.492 e. The lowest BCUT2D eigenvalue weighted by Crippen LogP contribution is -2.27. The third kappa shape index (κ3) is 5.25. The molecule has 0 radical (unpaired) electrons. The number of imidazole rings is 1. The number of hydrogen-bond donors (Lipinski definition) is 2. The summed E-state index contributed by atoms with van der Waals surface area (Å²) in [5, 5.41) is 5.14. The molecule has 0 spiro atoms. The van der Waals surface area contributed by atoms with E-state index in [4.69, 9.17) is 9.72 Å². The molecule has 4 aromatic rings. The van der Waals surface area contributed by atoms with Gasteiger partial charge >= 0.3 is 0 Å². The maximum absolute atomic E-state index is 12.6. The first-order chi connectivity index (χ1) is 16.5. The molecule has 2 heterocycles. The molecule has 0 fully saturated rings. The van der Waals surface area contributed by atoms with Crippen LogP contribution in [0.2, 0.25) is 0 Å². The van der Waals surface area contributed by atoms with Crippen LogP contribution in [0, 0.1) is 6.92 Å². The van der Waals surface area contributed by atoms with Crippen LogP contribution < -0.4 is 15.6 Å². The number of likely N-dealkylation sites (N-methyl/N-ethyl adjacent to an activating group) is 1. The topological polar surface area (TPSA) is 75.2 Å². The Morgan fingerprint density at radius 1 is 1.12 bits per heavy atom. The number of fused-ring (bicyclic) bond motifs is 3. The number of aromatic nitrogens is 3. The minimum absolute atomic E-state index is 0.0581. The summed E-state index contributed by atoms with van der Waals surface area (Å²) in [6.07, 6.45) is 1.77. The van der Waals surface area contributed by atoms with Gasteiger partial charge in [0.25, 0.3) is 5.56 Å². The molecule has 2 aromatic heterocycles. The van der Waals surface area contributed by atoms with E-state index in [0.29, 0.717) is 12.0 Å². The molecule has 7 heteroatoms. The second-order valence-electron chi connectivity index (χ2n) is 8.70. The van der Waals surface area contributed by atoms with Gasteiger partial charge in [-0.1, -0.05) is 19.9 Å². The number of nitrogens with one attached hydrogen (secondary N) is 2. The molecular formula is C27H35N5O2. The Hall–Kier alpha value is -3.32. The molecule has 0 bridgehead atoms. The highest BCUT2D eigenvalue weighted by molar-refractivity contribution is 6.04. The summed E-state index contributed by atoms with van der Waals surface area (Å²) in [6.45, 7) is 10.8. The lowest BCUT2D eigenvalue weighted by molar-refractivity contribution is 0.223. The van der Waals surface area contributed by atoms with Crippen LogP contribution in [0.4, 0.5) is 5.69 Å². The summed E-state index contributed by atoms with van der Waals surface area (Å²) in [5.74, 6) is 1.89. The molecule has 0 unspecified atom stereocenters.